The molecule has 12 heteroatoms. The summed E-state index contributed by atoms with van der Waals surface area (Å²) in [5.74, 6) is -1.60. The van der Waals surface area contributed by atoms with Crippen LogP contribution in [0, 0.1) is 6.92 Å². The van der Waals surface area contributed by atoms with Crippen LogP contribution >= 0.6 is 0 Å². The molecule has 1 aromatic carbocycles. The Balaban J connectivity index is 1.85. The van der Waals surface area contributed by atoms with E-state index in [-0.39, 0.29) is 39.5 Å². The number of H-pyrrole nitrogens is 1. The smallest absolute Gasteiger partial charge is 0.420 e. The molecule has 1 aliphatic heterocycles. The minimum atomic E-state index is -4.74. The van der Waals surface area contributed by atoms with E-state index in [0.29, 0.717) is 0 Å². The fourth-order valence-electron chi connectivity index (χ4n) is 3.31. The minimum Gasteiger partial charge on any atom is -0.461 e. The Morgan fingerprint density at radius 2 is 1.83 bits per heavy atom. The van der Waals surface area contributed by atoms with Gasteiger partial charge in [0.05, 0.1) is 11.1 Å². The van der Waals surface area contributed by atoms with E-state index in [0.717, 1.165) is 6.07 Å². The standard InChI is InChI=1S/C18H15F6N5O/c1-8-4-9-5-10(6-12(13(9)30-8)17(22,23)24)18(25)28-14-11(2-3-26-14)15(29-18)27-7-16(19,20)21/h2-6,26,28H,7,25H2,1H3,(H,27,29). The number of amidine groups is 1. The number of benzene rings is 1. The van der Waals surface area contributed by atoms with Crippen LogP contribution in [0.25, 0.3) is 11.0 Å². The van der Waals surface area contributed by atoms with Crippen molar-refractivity contribution in [1.29, 1.82) is 0 Å². The fraction of sp³-hybridized carbons (Fsp3) is 0.278. The minimum absolute atomic E-state index is 0.0666. The first-order valence-electron chi connectivity index (χ1n) is 8.62. The molecule has 0 saturated heterocycles. The van der Waals surface area contributed by atoms with Crippen LogP contribution in [0.15, 0.2) is 39.9 Å². The SMILES string of the molecule is Cc1cc2cc(C3(N)NC(=NCC(F)(F)F)c4cc[nH]c4N3)cc(C(F)(F)F)c2o1. The average molecular weight is 431 g/mol. The van der Waals surface area contributed by atoms with Crippen molar-refractivity contribution >= 4 is 22.6 Å². The Morgan fingerprint density at radius 3 is 2.50 bits per heavy atom. The number of anilines is 1. The fourth-order valence-corrected chi connectivity index (χ4v) is 3.31. The van der Waals surface area contributed by atoms with Crippen molar-refractivity contribution in [2.24, 2.45) is 10.7 Å². The second kappa shape index (κ2) is 6.42. The molecule has 3 aromatic rings. The van der Waals surface area contributed by atoms with Gasteiger partial charge in [0.2, 0.25) is 0 Å². The van der Waals surface area contributed by atoms with Gasteiger partial charge in [0.1, 0.15) is 29.5 Å². The molecule has 160 valence electrons. The third-order valence-corrected chi connectivity index (χ3v) is 4.56. The molecule has 1 aliphatic rings. The van der Waals surface area contributed by atoms with Crippen molar-refractivity contribution in [1.82, 2.24) is 10.3 Å². The first-order valence-corrected chi connectivity index (χ1v) is 8.62. The average Bonchev–Trinajstić information content (AvgIpc) is 3.21. The van der Waals surface area contributed by atoms with Crippen LogP contribution in [-0.2, 0) is 12.0 Å². The van der Waals surface area contributed by atoms with Crippen molar-refractivity contribution in [3.63, 3.8) is 0 Å². The number of alkyl halides is 6. The molecule has 3 heterocycles. The number of fused-ring (bicyclic) bond motifs is 2. The van der Waals surface area contributed by atoms with Gasteiger partial charge in [-0.15, -0.1) is 0 Å². The van der Waals surface area contributed by atoms with Crippen LogP contribution in [0.4, 0.5) is 32.2 Å². The van der Waals surface area contributed by atoms with Gasteiger partial charge < -0.3 is 20.0 Å². The Hall–Kier alpha value is -3.15. The predicted molar refractivity (Wildman–Crippen MR) is 96.8 cm³/mol. The molecule has 5 N–H and O–H groups in total. The molecule has 1 atom stereocenters. The van der Waals surface area contributed by atoms with Crippen LogP contribution in [0.2, 0.25) is 0 Å². The van der Waals surface area contributed by atoms with Crippen molar-refractivity contribution in [3.8, 4) is 0 Å². The van der Waals surface area contributed by atoms with Gasteiger partial charge in [-0.1, -0.05) is 0 Å². The van der Waals surface area contributed by atoms with Crippen molar-refractivity contribution in [2.75, 3.05) is 11.9 Å². The van der Waals surface area contributed by atoms with Gasteiger partial charge in [0, 0.05) is 17.1 Å². The molecule has 0 bridgehead atoms. The van der Waals surface area contributed by atoms with Crippen LogP contribution < -0.4 is 16.4 Å². The normalized spacial score (nSPS) is 20.9. The summed E-state index contributed by atoms with van der Waals surface area (Å²) < 4.78 is 84.0. The van der Waals surface area contributed by atoms with Gasteiger partial charge in [-0.05, 0) is 31.2 Å². The molecule has 0 amide bonds. The summed E-state index contributed by atoms with van der Waals surface area (Å²) in [6, 6.07) is 5.05. The Labute approximate surface area is 165 Å². The summed E-state index contributed by atoms with van der Waals surface area (Å²) in [6.45, 7) is 0.0199. The molecule has 0 aliphatic carbocycles. The number of hydrogen-bond donors (Lipinski definition) is 4. The number of rotatable bonds is 2. The maximum absolute atomic E-state index is 13.6. The second-order valence-electron chi connectivity index (χ2n) is 6.90. The molecule has 2 aromatic heterocycles. The number of furan rings is 1. The second-order valence-corrected chi connectivity index (χ2v) is 6.90. The number of aryl methyl sites for hydroxylation is 1. The van der Waals surface area contributed by atoms with E-state index in [1.54, 1.807) is 0 Å². The highest BCUT2D eigenvalue weighted by Gasteiger charge is 2.40. The summed E-state index contributed by atoms with van der Waals surface area (Å²) in [6.07, 6.45) is -7.86. The Morgan fingerprint density at radius 1 is 1.10 bits per heavy atom. The van der Waals surface area contributed by atoms with Gasteiger partial charge in [0.25, 0.3) is 0 Å². The first-order chi connectivity index (χ1) is 13.9. The topological polar surface area (TPSA) is 91.4 Å². The summed E-state index contributed by atoms with van der Waals surface area (Å²) in [5.41, 5.74) is 5.09. The number of nitrogens with one attached hydrogen (secondary N) is 3. The molecule has 1 unspecified atom stereocenters. The number of aliphatic imine (C=N–C) groups is 1. The highest BCUT2D eigenvalue weighted by Crippen LogP contribution is 2.39. The van der Waals surface area contributed by atoms with Gasteiger partial charge in [-0.2, -0.15) is 26.3 Å². The zero-order valence-corrected chi connectivity index (χ0v) is 15.3. The maximum atomic E-state index is 13.6. The number of nitrogens with two attached hydrogens (primary N) is 1. The van der Waals surface area contributed by atoms with Gasteiger partial charge in [0.15, 0.2) is 5.79 Å². The molecule has 0 spiro atoms. The number of aromatic amines is 1. The van der Waals surface area contributed by atoms with E-state index in [9.17, 15) is 26.3 Å². The zero-order chi connectivity index (χ0) is 21.9. The van der Waals surface area contributed by atoms with Crippen LogP contribution in [0.3, 0.4) is 0 Å². The van der Waals surface area contributed by atoms with E-state index in [2.05, 4.69) is 20.6 Å². The quantitative estimate of drug-likeness (QED) is 0.458. The van der Waals surface area contributed by atoms with Crippen LogP contribution in [0.1, 0.15) is 22.5 Å². The zero-order valence-electron chi connectivity index (χ0n) is 15.3. The van der Waals surface area contributed by atoms with Gasteiger partial charge in [-0.3, -0.25) is 10.7 Å². The van der Waals surface area contributed by atoms with E-state index in [1.807, 2.05) is 0 Å². The number of nitrogens with zero attached hydrogens (tertiary/aromatic N) is 1. The molecular formula is C18H15F6N5O. The summed E-state index contributed by atoms with van der Waals surface area (Å²) in [5, 5.41) is 5.56. The first kappa shape index (κ1) is 20.1. The van der Waals surface area contributed by atoms with E-state index in [4.69, 9.17) is 10.2 Å². The van der Waals surface area contributed by atoms with Crippen molar-refractivity contribution in [3.05, 3.63) is 52.9 Å². The molecule has 6 nitrogen and oxygen atoms in total. The van der Waals surface area contributed by atoms with Crippen molar-refractivity contribution in [2.45, 2.75) is 25.1 Å². The summed E-state index contributed by atoms with van der Waals surface area (Å²) >= 11 is 0. The van der Waals surface area contributed by atoms with E-state index in [1.165, 1.54) is 31.3 Å². The third-order valence-electron chi connectivity index (χ3n) is 4.56. The largest absolute Gasteiger partial charge is 0.461 e. The molecule has 0 radical (unpaired) electrons. The van der Waals surface area contributed by atoms with Gasteiger partial charge in [-0.25, -0.2) is 0 Å². The van der Waals surface area contributed by atoms with Gasteiger partial charge >= 0.3 is 12.4 Å². The predicted octanol–water partition coefficient (Wildman–Crippen LogP) is 4.18. The lowest BCUT2D eigenvalue weighted by Crippen LogP contribution is -2.61. The van der Waals surface area contributed by atoms with E-state index < -0.39 is 30.2 Å². The molecule has 0 fully saturated rings. The lowest BCUT2D eigenvalue weighted by Gasteiger charge is -2.38. The number of aromatic nitrogens is 1. The maximum Gasteiger partial charge on any atom is 0.420 e. The molecular weight excluding hydrogens is 416 g/mol. The molecule has 0 saturated carbocycles. The summed E-state index contributed by atoms with van der Waals surface area (Å²) in [4.78, 5) is 6.29. The van der Waals surface area contributed by atoms with Crippen LogP contribution in [-0.4, -0.2) is 23.5 Å². The van der Waals surface area contributed by atoms with Crippen molar-refractivity contribution < 1.29 is 30.8 Å². The van der Waals surface area contributed by atoms with Crippen LogP contribution in [0.5, 0.6) is 0 Å². The highest BCUT2D eigenvalue weighted by molar-refractivity contribution is 6.05. The lowest BCUT2D eigenvalue weighted by atomic mass is 9.99. The Kier molecular flexibility index (Phi) is 4.31. The molecule has 4 rings (SSSR count). The Bertz CT molecular complexity index is 1140. The third kappa shape index (κ3) is 3.58. The molecule has 30 heavy (non-hydrogen) atoms. The number of halogens is 6. The lowest BCUT2D eigenvalue weighted by molar-refractivity contribution is -0.137. The number of hydrogen-bond acceptors (Lipinski definition) is 4. The highest BCUT2D eigenvalue weighted by atomic mass is 19.4. The van der Waals surface area contributed by atoms with E-state index >= 15 is 0 Å². The monoisotopic (exact) mass is 431 g/mol. The summed E-state index contributed by atoms with van der Waals surface area (Å²) in [7, 11) is 0.